The predicted molar refractivity (Wildman–Crippen MR) is 117 cm³/mol. The molecule has 0 fully saturated rings. The average Bonchev–Trinajstić information content (AvgIpc) is 2.74. The average molecular weight is 511 g/mol. The highest BCUT2D eigenvalue weighted by atomic mass is 79.9. The molecule has 0 saturated heterocycles. The van der Waals surface area contributed by atoms with E-state index in [1.165, 1.54) is 0 Å². The van der Waals surface area contributed by atoms with Crippen LogP contribution in [0, 0.1) is 0 Å². The summed E-state index contributed by atoms with van der Waals surface area (Å²) in [6.07, 6.45) is 3.29. The second kappa shape index (κ2) is 20.3. The van der Waals surface area contributed by atoms with Gasteiger partial charge >= 0.3 is 5.97 Å². The first kappa shape index (κ1) is 29.4. The summed E-state index contributed by atoms with van der Waals surface area (Å²) < 4.78 is 15.7. The van der Waals surface area contributed by atoms with Gasteiger partial charge in [0.15, 0.2) is 5.78 Å². The van der Waals surface area contributed by atoms with Crippen LogP contribution in [0.2, 0.25) is 0 Å². The van der Waals surface area contributed by atoms with Gasteiger partial charge in [0.1, 0.15) is 19.3 Å². The smallest absolute Gasteiger partial charge is 0.326 e. The molecule has 2 amide bonds. The van der Waals surface area contributed by atoms with E-state index < -0.39 is 17.9 Å². The van der Waals surface area contributed by atoms with Crippen molar-refractivity contribution in [1.82, 2.24) is 10.6 Å². The maximum atomic E-state index is 11.8. The van der Waals surface area contributed by atoms with Crippen molar-refractivity contribution in [3.8, 4) is 0 Å². The zero-order valence-corrected chi connectivity index (χ0v) is 19.7. The van der Waals surface area contributed by atoms with E-state index in [0.29, 0.717) is 45.4 Å². The number of amides is 2. The molecule has 10 nitrogen and oxygen atoms in total. The number of carboxylic acids is 1. The molecular formula is C20H35BrN2O8. The zero-order valence-electron chi connectivity index (χ0n) is 18.2. The highest BCUT2D eigenvalue weighted by Gasteiger charge is 2.19. The van der Waals surface area contributed by atoms with Crippen LogP contribution in [0.4, 0.5) is 0 Å². The lowest BCUT2D eigenvalue weighted by atomic mass is 10.1. The number of Topliss-reactive ketones (excluding diaryl/α,β-unsaturated/α-hetero) is 1. The van der Waals surface area contributed by atoms with Crippen LogP contribution in [0.5, 0.6) is 0 Å². The second-order valence-electron chi connectivity index (χ2n) is 6.80. The maximum Gasteiger partial charge on any atom is 0.326 e. The molecule has 0 aromatic rings. The van der Waals surface area contributed by atoms with Gasteiger partial charge in [-0.3, -0.25) is 14.4 Å². The Morgan fingerprint density at radius 3 is 2.29 bits per heavy atom. The first-order chi connectivity index (χ1) is 14.9. The van der Waals surface area contributed by atoms with Crippen molar-refractivity contribution in [1.29, 1.82) is 0 Å². The van der Waals surface area contributed by atoms with Gasteiger partial charge in [-0.2, -0.15) is 0 Å². The molecule has 0 heterocycles. The largest absolute Gasteiger partial charge is 0.480 e. The number of aliphatic carboxylic acids is 1. The summed E-state index contributed by atoms with van der Waals surface area (Å²) in [5.41, 5.74) is 0. The quantitative estimate of drug-likeness (QED) is 0.154. The first-order valence-corrected chi connectivity index (χ1v) is 11.6. The summed E-state index contributed by atoms with van der Waals surface area (Å²) >= 11 is 3.04. The Morgan fingerprint density at radius 2 is 1.61 bits per heavy atom. The molecule has 0 aliphatic carbocycles. The topological polar surface area (TPSA) is 140 Å². The van der Waals surface area contributed by atoms with Crippen LogP contribution in [0.25, 0.3) is 0 Å². The van der Waals surface area contributed by atoms with Crippen LogP contribution in [0.1, 0.15) is 45.4 Å². The summed E-state index contributed by atoms with van der Waals surface area (Å²) in [6, 6.07) is -1.00. The lowest BCUT2D eigenvalue weighted by molar-refractivity contribution is -0.142. The molecule has 3 N–H and O–H groups in total. The van der Waals surface area contributed by atoms with Crippen molar-refractivity contribution in [2.24, 2.45) is 0 Å². The number of alkyl halides is 1. The van der Waals surface area contributed by atoms with Crippen molar-refractivity contribution < 1.29 is 38.5 Å². The normalized spacial score (nSPS) is 11.7. The molecular weight excluding hydrogens is 476 g/mol. The van der Waals surface area contributed by atoms with Crippen LogP contribution >= 0.6 is 15.9 Å². The molecule has 1 atom stereocenters. The van der Waals surface area contributed by atoms with Crippen LogP contribution in [0.3, 0.4) is 0 Å². The number of ether oxygens (including phenoxy) is 3. The molecule has 0 aliphatic heterocycles. The van der Waals surface area contributed by atoms with Crippen molar-refractivity contribution in [2.75, 3.05) is 51.5 Å². The molecule has 0 bridgehead atoms. The molecule has 0 rings (SSSR count). The molecule has 0 saturated carbocycles. The SMILES string of the molecule is CCCOCC(=O)CCCOCCOCC(=O)N[C@@H](CCCCNC(=O)CBr)C(=O)O. The molecule has 0 unspecified atom stereocenters. The van der Waals surface area contributed by atoms with E-state index >= 15 is 0 Å². The second-order valence-corrected chi connectivity index (χ2v) is 7.36. The molecule has 180 valence electrons. The van der Waals surface area contributed by atoms with E-state index in [4.69, 9.17) is 14.2 Å². The van der Waals surface area contributed by atoms with Crippen molar-refractivity contribution in [3.63, 3.8) is 0 Å². The number of hydrogen-bond donors (Lipinski definition) is 3. The summed E-state index contributed by atoms with van der Waals surface area (Å²) in [5, 5.41) is 14.5. The molecule has 0 spiro atoms. The number of nitrogens with one attached hydrogen (secondary N) is 2. The van der Waals surface area contributed by atoms with E-state index in [0.717, 1.165) is 6.42 Å². The van der Waals surface area contributed by atoms with Crippen molar-refractivity contribution in [3.05, 3.63) is 0 Å². The first-order valence-electron chi connectivity index (χ1n) is 10.5. The Bertz CT molecular complexity index is 533. The Morgan fingerprint density at radius 1 is 0.903 bits per heavy atom. The fraction of sp³-hybridized carbons (Fsp3) is 0.800. The Balaban J connectivity index is 3.72. The molecule has 0 aromatic carbocycles. The highest BCUT2D eigenvalue weighted by molar-refractivity contribution is 9.09. The summed E-state index contributed by atoms with van der Waals surface area (Å²) in [6.45, 7) is 3.76. The van der Waals surface area contributed by atoms with Gasteiger partial charge in [0, 0.05) is 26.2 Å². The minimum absolute atomic E-state index is 0.0432. The van der Waals surface area contributed by atoms with Gasteiger partial charge in [0.2, 0.25) is 11.8 Å². The van der Waals surface area contributed by atoms with Crippen LogP contribution in [-0.4, -0.2) is 86.2 Å². The Labute approximate surface area is 191 Å². The number of hydrogen-bond acceptors (Lipinski definition) is 7. The number of carbonyl (C=O) groups excluding carboxylic acids is 3. The van der Waals surface area contributed by atoms with Crippen LogP contribution in [-0.2, 0) is 33.4 Å². The van der Waals surface area contributed by atoms with Crippen molar-refractivity contribution >= 4 is 39.5 Å². The highest BCUT2D eigenvalue weighted by Crippen LogP contribution is 2.01. The monoisotopic (exact) mass is 510 g/mol. The summed E-state index contributed by atoms with van der Waals surface area (Å²) in [4.78, 5) is 45.7. The lowest BCUT2D eigenvalue weighted by Crippen LogP contribution is -2.42. The van der Waals surface area contributed by atoms with Crippen molar-refractivity contribution in [2.45, 2.75) is 51.5 Å². The van der Waals surface area contributed by atoms with E-state index in [1.807, 2.05) is 6.92 Å². The Hall–Kier alpha value is -1.56. The molecule has 0 radical (unpaired) electrons. The third-order valence-electron chi connectivity index (χ3n) is 3.96. The molecule has 0 aromatic heterocycles. The number of unbranched alkanes of at least 4 members (excludes halogenated alkanes) is 1. The molecule has 11 heteroatoms. The van der Waals surface area contributed by atoms with Gasteiger partial charge in [-0.1, -0.05) is 22.9 Å². The number of halogens is 1. The fourth-order valence-electron chi connectivity index (χ4n) is 2.40. The van der Waals surface area contributed by atoms with Gasteiger partial charge in [0.05, 0.1) is 18.5 Å². The van der Waals surface area contributed by atoms with Gasteiger partial charge < -0.3 is 30.0 Å². The van der Waals surface area contributed by atoms with E-state index in [1.54, 1.807) is 0 Å². The molecule has 31 heavy (non-hydrogen) atoms. The Kier molecular flexibility index (Phi) is 19.3. The zero-order chi connectivity index (χ0) is 23.3. The van der Waals surface area contributed by atoms with Gasteiger partial charge in [0.25, 0.3) is 0 Å². The number of ketones is 1. The van der Waals surface area contributed by atoms with Gasteiger partial charge in [-0.25, -0.2) is 4.79 Å². The number of rotatable bonds is 21. The summed E-state index contributed by atoms with van der Waals surface area (Å²) in [5.74, 6) is -1.72. The minimum Gasteiger partial charge on any atom is -0.480 e. The van der Waals surface area contributed by atoms with Gasteiger partial charge in [-0.05, 0) is 32.1 Å². The number of carbonyl (C=O) groups is 4. The fourth-order valence-corrected chi connectivity index (χ4v) is 2.60. The van der Waals surface area contributed by atoms with Gasteiger partial charge in [-0.15, -0.1) is 0 Å². The third-order valence-corrected chi connectivity index (χ3v) is 4.47. The number of carboxylic acid groups (broad SMARTS) is 1. The maximum absolute atomic E-state index is 11.8. The minimum atomic E-state index is -1.11. The van der Waals surface area contributed by atoms with E-state index in [-0.39, 0.29) is 49.9 Å². The van der Waals surface area contributed by atoms with E-state index in [9.17, 15) is 24.3 Å². The van der Waals surface area contributed by atoms with Crippen LogP contribution < -0.4 is 10.6 Å². The third kappa shape index (κ3) is 18.9. The lowest BCUT2D eigenvalue weighted by Gasteiger charge is -2.14. The van der Waals surface area contributed by atoms with Crippen LogP contribution in [0.15, 0.2) is 0 Å². The standard InChI is InChI=1S/C20H35BrN2O8/c1-2-9-30-14-16(24)6-5-10-29-11-12-31-15-19(26)23-17(20(27)28)7-3-4-8-22-18(25)13-21/h17H,2-15H2,1H3,(H,22,25)(H,23,26)(H,27,28)/t17-/m0/s1. The molecule has 0 aliphatic rings. The summed E-state index contributed by atoms with van der Waals surface area (Å²) in [7, 11) is 0. The predicted octanol–water partition coefficient (Wildman–Crippen LogP) is 1.05. The van der Waals surface area contributed by atoms with E-state index in [2.05, 4.69) is 26.6 Å².